The molecule has 1 aliphatic heterocycles. The van der Waals surface area contributed by atoms with Crippen molar-refractivity contribution in [1.29, 1.82) is 0 Å². The SMILES string of the molecule is CC(c1ccc(F)cc1)N(C)CC[C@@H]1CC(CC(=O)OC(C)(C)C)OC(C)(C)O1. The molecule has 1 saturated heterocycles. The van der Waals surface area contributed by atoms with Gasteiger partial charge in [0.15, 0.2) is 5.79 Å². The zero-order valence-electron chi connectivity index (χ0n) is 18.8. The quantitative estimate of drug-likeness (QED) is 0.603. The number of benzene rings is 1. The molecular formula is C23H36FNO4. The standard InChI is InChI=1S/C23H36FNO4/c1-16(17-8-10-18(24)11-9-17)25(7)13-12-19-14-20(28-23(5,6)27-19)15-21(26)29-22(2,3)4/h8-11,16,19-20H,12-15H2,1-7H3/t16?,19-,20?/m1/s1. The Morgan fingerprint density at radius 1 is 1.24 bits per heavy atom. The molecule has 6 heteroatoms. The second-order valence-corrected chi connectivity index (χ2v) is 9.40. The summed E-state index contributed by atoms with van der Waals surface area (Å²) in [5.41, 5.74) is 0.570. The number of halogens is 1. The van der Waals surface area contributed by atoms with Crippen molar-refractivity contribution in [2.24, 2.45) is 0 Å². The molecule has 1 aliphatic rings. The van der Waals surface area contributed by atoms with Crippen LogP contribution in [0.2, 0.25) is 0 Å². The van der Waals surface area contributed by atoms with Crippen molar-refractivity contribution in [2.75, 3.05) is 13.6 Å². The highest BCUT2D eigenvalue weighted by Crippen LogP contribution is 2.31. The molecule has 0 saturated carbocycles. The first-order valence-electron chi connectivity index (χ1n) is 10.4. The van der Waals surface area contributed by atoms with E-state index in [-0.39, 0.29) is 36.5 Å². The van der Waals surface area contributed by atoms with Crippen molar-refractivity contribution in [3.63, 3.8) is 0 Å². The summed E-state index contributed by atoms with van der Waals surface area (Å²) in [5.74, 6) is -1.21. The zero-order chi connectivity index (χ0) is 21.8. The number of carbonyl (C=O) groups excluding carboxylic acids is 1. The summed E-state index contributed by atoms with van der Waals surface area (Å²) in [6.45, 7) is 12.3. The molecule has 0 N–H and O–H groups in total. The van der Waals surface area contributed by atoms with Gasteiger partial charge < -0.3 is 14.2 Å². The summed E-state index contributed by atoms with van der Waals surface area (Å²) < 4.78 is 30.6. The number of carbonyl (C=O) groups is 1. The first kappa shape index (κ1) is 23.8. The van der Waals surface area contributed by atoms with Crippen molar-refractivity contribution in [2.45, 2.75) is 90.4 Å². The highest BCUT2D eigenvalue weighted by molar-refractivity contribution is 5.70. The lowest BCUT2D eigenvalue weighted by Gasteiger charge is -2.41. The number of hydrogen-bond acceptors (Lipinski definition) is 5. The Kier molecular flexibility index (Phi) is 7.82. The molecule has 0 aliphatic carbocycles. The van der Waals surface area contributed by atoms with Gasteiger partial charge in [0, 0.05) is 19.0 Å². The van der Waals surface area contributed by atoms with Crippen LogP contribution >= 0.6 is 0 Å². The molecule has 1 aromatic rings. The van der Waals surface area contributed by atoms with Gasteiger partial charge in [0.05, 0.1) is 18.6 Å². The van der Waals surface area contributed by atoms with E-state index in [9.17, 15) is 9.18 Å². The molecule has 0 radical (unpaired) electrons. The van der Waals surface area contributed by atoms with E-state index in [2.05, 4.69) is 18.9 Å². The monoisotopic (exact) mass is 409 g/mol. The fourth-order valence-electron chi connectivity index (χ4n) is 3.63. The van der Waals surface area contributed by atoms with Crippen molar-refractivity contribution in [3.8, 4) is 0 Å². The normalized spacial score (nSPS) is 23.1. The first-order chi connectivity index (χ1) is 13.3. The van der Waals surface area contributed by atoms with Crippen molar-refractivity contribution in [1.82, 2.24) is 4.90 Å². The summed E-state index contributed by atoms with van der Waals surface area (Å²) in [6, 6.07) is 6.79. The van der Waals surface area contributed by atoms with Crippen LogP contribution in [-0.2, 0) is 19.0 Å². The summed E-state index contributed by atoms with van der Waals surface area (Å²) >= 11 is 0. The maximum absolute atomic E-state index is 13.2. The number of esters is 1. The molecule has 2 rings (SSSR count). The van der Waals surface area contributed by atoms with Crippen LogP contribution in [0.5, 0.6) is 0 Å². The average Bonchev–Trinajstić information content (AvgIpc) is 2.56. The highest BCUT2D eigenvalue weighted by Gasteiger charge is 2.37. The minimum Gasteiger partial charge on any atom is -0.460 e. The Hall–Kier alpha value is -1.50. The molecule has 29 heavy (non-hydrogen) atoms. The molecular weight excluding hydrogens is 373 g/mol. The third kappa shape index (κ3) is 8.03. The van der Waals surface area contributed by atoms with Crippen molar-refractivity contribution >= 4 is 5.97 Å². The van der Waals surface area contributed by atoms with Crippen LogP contribution in [0.25, 0.3) is 0 Å². The van der Waals surface area contributed by atoms with E-state index in [0.29, 0.717) is 6.42 Å². The van der Waals surface area contributed by atoms with Gasteiger partial charge in [-0.05, 0) is 72.7 Å². The second kappa shape index (κ2) is 9.54. The summed E-state index contributed by atoms with van der Waals surface area (Å²) in [6.07, 6.45) is 1.47. The lowest BCUT2D eigenvalue weighted by atomic mass is 10.0. The number of hydrogen-bond donors (Lipinski definition) is 0. The number of nitrogens with zero attached hydrogens (tertiary/aromatic N) is 1. The van der Waals surface area contributed by atoms with E-state index in [4.69, 9.17) is 14.2 Å². The highest BCUT2D eigenvalue weighted by atomic mass is 19.1. The van der Waals surface area contributed by atoms with Gasteiger partial charge >= 0.3 is 5.97 Å². The van der Waals surface area contributed by atoms with Crippen LogP contribution in [0.15, 0.2) is 24.3 Å². The van der Waals surface area contributed by atoms with Crippen LogP contribution < -0.4 is 0 Å². The Morgan fingerprint density at radius 2 is 1.83 bits per heavy atom. The fraction of sp³-hybridized carbons (Fsp3) is 0.696. The van der Waals surface area contributed by atoms with Crippen LogP contribution in [0.4, 0.5) is 4.39 Å². The fourth-order valence-corrected chi connectivity index (χ4v) is 3.63. The van der Waals surface area contributed by atoms with Crippen molar-refractivity contribution < 1.29 is 23.4 Å². The number of rotatable bonds is 7. The lowest BCUT2D eigenvalue weighted by Crippen LogP contribution is -2.46. The van der Waals surface area contributed by atoms with Gasteiger partial charge in [-0.25, -0.2) is 4.39 Å². The van der Waals surface area contributed by atoms with Crippen molar-refractivity contribution in [3.05, 3.63) is 35.6 Å². The second-order valence-electron chi connectivity index (χ2n) is 9.40. The van der Waals surface area contributed by atoms with E-state index in [1.54, 1.807) is 0 Å². The Balaban J connectivity index is 1.90. The summed E-state index contributed by atoms with van der Waals surface area (Å²) in [4.78, 5) is 14.4. The maximum atomic E-state index is 13.2. The van der Waals surface area contributed by atoms with Crippen LogP contribution in [0, 0.1) is 5.82 Å². The molecule has 1 aromatic carbocycles. The van der Waals surface area contributed by atoms with Gasteiger partial charge in [0.1, 0.15) is 11.4 Å². The molecule has 164 valence electrons. The third-order valence-electron chi connectivity index (χ3n) is 5.06. The van der Waals surface area contributed by atoms with E-state index in [1.807, 2.05) is 46.8 Å². The largest absolute Gasteiger partial charge is 0.460 e. The maximum Gasteiger partial charge on any atom is 0.308 e. The van der Waals surface area contributed by atoms with Gasteiger partial charge in [-0.3, -0.25) is 9.69 Å². The Bertz CT molecular complexity index is 668. The lowest BCUT2D eigenvalue weighted by molar-refractivity contribution is -0.301. The molecule has 1 fully saturated rings. The zero-order valence-corrected chi connectivity index (χ0v) is 18.8. The summed E-state index contributed by atoms with van der Waals surface area (Å²) in [5, 5.41) is 0. The molecule has 3 atom stereocenters. The Morgan fingerprint density at radius 3 is 2.41 bits per heavy atom. The van der Waals surface area contributed by atoms with E-state index in [0.717, 1.165) is 18.5 Å². The molecule has 0 amide bonds. The predicted octanol–water partition coefficient (Wildman–Crippen LogP) is 4.85. The van der Waals surface area contributed by atoms with Gasteiger partial charge in [-0.2, -0.15) is 0 Å². The number of ether oxygens (including phenoxy) is 3. The Labute approximate surface area is 174 Å². The van der Waals surface area contributed by atoms with E-state index >= 15 is 0 Å². The minimum absolute atomic E-state index is 0.00551. The molecule has 0 spiro atoms. The van der Waals surface area contributed by atoms with Gasteiger partial charge in [-0.1, -0.05) is 12.1 Å². The van der Waals surface area contributed by atoms with Gasteiger partial charge in [-0.15, -0.1) is 0 Å². The molecule has 5 nitrogen and oxygen atoms in total. The third-order valence-corrected chi connectivity index (χ3v) is 5.06. The predicted molar refractivity (Wildman–Crippen MR) is 111 cm³/mol. The first-order valence-corrected chi connectivity index (χ1v) is 10.4. The van der Waals surface area contributed by atoms with Crippen LogP contribution in [0.3, 0.4) is 0 Å². The molecule has 0 bridgehead atoms. The molecule has 1 heterocycles. The van der Waals surface area contributed by atoms with Gasteiger partial charge in [0.25, 0.3) is 0 Å². The van der Waals surface area contributed by atoms with Crippen LogP contribution in [-0.4, -0.2) is 48.1 Å². The summed E-state index contributed by atoms with van der Waals surface area (Å²) in [7, 11) is 2.05. The van der Waals surface area contributed by atoms with E-state index < -0.39 is 11.4 Å². The van der Waals surface area contributed by atoms with E-state index in [1.165, 1.54) is 12.1 Å². The van der Waals surface area contributed by atoms with Crippen LogP contribution in [0.1, 0.15) is 72.4 Å². The molecule has 2 unspecified atom stereocenters. The smallest absolute Gasteiger partial charge is 0.308 e. The minimum atomic E-state index is -0.739. The topological polar surface area (TPSA) is 48.0 Å². The molecule has 0 aromatic heterocycles. The average molecular weight is 410 g/mol. The van der Waals surface area contributed by atoms with Gasteiger partial charge in [0.2, 0.25) is 0 Å².